The van der Waals surface area contributed by atoms with E-state index < -0.39 is 5.82 Å². The normalized spacial score (nSPS) is 17.2. The van der Waals surface area contributed by atoms with E-state index in [2.05, 4.69) is 15.4 Å². The number of rotatable bonds is 8. The molecule has 2 N–H and O–H groups in total. The van der Waals surface area contributed by atoms with Crippen LogP contribution < -0.4 is 16.2 Å². The van der Waals surface area contributed by atoms with E-state index in [0.717, 1.165) is 44.0 Å². The molecule has 0 radical (unpaired) electrons. The summed E-state index contributed by atoms with van der Waals surface area (Å²) in [6.45, 7) is 2.00. The Morgan fingerprint density at radius 1 is 1.12 bits per heavy atom. The molecule has 6 nitrogen and oxygen atoms in total. The summed E-state index contributed by atoms with van der Waals surface area (Å²) >= 11 is 0. The Hall–Kier alpha value is -2.12. The molecule has 0 amide bonds. The third-order valence-electron chi connectivity index (χ3n) is 6.78. The van der Waals surface area contributed by atoms with Crippen molar-refractivity contribution in [3.8, 4) is 0 Å². The number of fused-ring (bicyclic) bond motifs is 1. The van der Waals surface area contributed by atoms with Gasteiger partial charge in [-0.25, -0.2) is 4.39 Å². The van der Waals surface area contributed by atoms with Gasteiger partial charge >= 0.3 is 5.97 Å². The molecule has 1 aromatic carbocycles. The molecule has 2 saturated carbocycles. The largest absolute Gasteiger partial charge is 0.380 e. The topological polar surface area (TPSA) is 72.4 Å². The first-order valence-electron chi connectivity index (χ1n) is 12.1. The van der Waals surface area contributed by atoms with E-state index in [1.165, 1.54) is 25.3 Å². The van der Waals surface area contributed by atoms with Crippen molar-refractivity contribution >= 4 is 35.0 Å². The van der Waals surface area contributed by atoms with Gasteiger partial charge in [0.05, 0.1) is 17.7 Å². The van der Waals surface area contributed by atoms with Crippen LogP contribution in [0.2, 0.25) is 0 Å². The van der Waals surface area contributed by atoms with Gasteiger partial charge in [0.25, 0.3) is 0 Å². The highest BCUT2D eigenvalue weighted by atomic mass is 35.5. The smallest absolute Gasteiger partial charge is 0.324 e. The van der Waals surface area contributed by atoms with Crippen LogP contribution in [0.15, 0.2) is 23.1 Å². The number of nitrogens with one attached hydrogen (secondary N) is 2. The summed E-state index contributed by atoms with van der Waals surface area (Å²) in [5, 5.41) is 3.77. The molecule has 1 heterocycles. The van der Waals surface area contributed by atoms with Crippen LogP contribution >= 0.6 is 12.4 Å². The van der Waals surface area contributed by atoms with Crippen molar-refractivity contribution in [3.63, 3.8) is 0 Å². The number of anilines is 1. The Morgan fingerprint density at radius 2 is 1.82 bits per heavy atom. The maximum atomic E-state index is 15.0. The van der Waals surface area contributed by atoms with Crippen molar-refractivity contribution in [2.75, 3.05) is 5.32 Å². The van der Waals surface area contributed by atoms with Crippen LogP contribution in [0.5, 0.6) is 0 Å². The maximum Gasteiger partial charge on any atom is 0.324 e. The third-order valence-corrected chi connectivity index (χ3v) is 6.78. The minimum Gasteiger partial charge on any atom is -0.380 e. The van der Waals surface area contributed by atoms with Crippen molar-refractivity contribution in [1.29, 1.82) is 0 Å². The quantitative estimate of drug-likeness (QED) is 0.470. The first-order valence-corrected chi connectivity index (χ1v) is 12.1. The van der Waals surface area contributed by atoms with Crippen molar-refractivity contribution in [2.45, 2.75) is 96.2 Å². The number of hydrogen-bond donors (Lipinski definition) is 2. The lowest BCUT2D eigenvalue weighted by Gasteiger charge is -2.25. The van der Waals surface area contributed by atoms with Crippen LogP contribution in [0.3, 0.4) is 0 Å². The van der Waals surface area contributed by atoms with Crippen LogP contribution in [0, 0.1) is 5.82 Å². The van der Waals surface area contributed by atoms with E-state index in [4.69, 9.17) is 4.84 Å². The monoisotopic (exact) mass is 479 g/mol. The van der Waals surface area contributed by atoms with Gasteiger partial charge in [0.1, 0.15) is 5.82 Å². The number of aromatic nitrogens is 1. The number of halogens is 2. The number of benzene rings is 1. The molecule has 0 bridgehead atoms. The number of nitrogens with zero attached hydrogens (tertiary/aromatic N) is 1. The van der Waals surface area contributed by atoms with Gasteiger partial charge in [-0.1, -0.05) is 39.0 Å². The number of carbonyl (C=O) groups is 1. The molecule has 0 aliphatic heterocycles. The fourth-order valence-electron chi connectivity index (χ4n) is 5.06. The average Bonchev–Trinajstić information content (AvgIpc) is 3.32. The minimum atomic E-state index is -0.391. The molecular weight excluding hydrogens is 445 g/mol. The molecule has 1 aromatic heterocycles. The minimum absolute atomic E-state index is 0. The Labute approximate surface area is 200 Å². The number of hydroxylamine groups is 1. The van der Waals surface area contributed by atoms with Gasteiger partial charge in [0, 0.05) is 35.7 Å². The summed E-state index contributed by atoms with van der Waals surface area (Å²) in [7, 11) is 0. The molecule has 0 atom stereocenters. The summed E-state index contributed by atoms with van der Waals surface area (Å²) in [5.74, 6) is -0.744. The van der Waals surface area contributed by atoms with Crippen molar-refractivity contribution in [2.24, 2.45) is 0 Å². The second-order valence-electron chi connectivity index (χ2n) is 9.20. The zero-order valence-electron chi connectivity index (χ0n) is 19.3. The standard InChI is InChI=1S/C25H34FN3O3.ClH/c1-2-8-24(30)32-27-15-17-16-29(19-11-6-7-12-19)23-14-22(21(26)13-20(23)25(17)31)28-18-9-4-3-5-10-18;/h13-14,16,18-19,27-28H,2-12,15H2,1H3;1H. The lowest BCUT2D eigenvalue weighted by molar-refractivity contribution is -0.151. The Morgan fingerprint density at radius 3 is 2.52 bits per heavy atom. The molecule has 33 heavy (non-hydrogen) atoms. The van der Waals surface area contributed by atoms with Gasteiger partial charge in [0.15, 0.2) is 5.43 Å². The predicted octanol–water partition coefficient (Wildman–Crippen LogP) is 5.77. The van der Waals surface area contributed by atoms with E-state index >= 15 is 4.39 Å². The lowest BCUT2D eigenvalue weighted by atomic mass is 9.95. The molecule has 182 valence electrons. The van der Waals surface area contributed by atoms with Crippen LogP contribution in [0.4, 0.5) is 10.1 Å². The molecule has 2 fully saturated rings. The molecule has 8 heteroatoms. The number of carbonyl (C=O) groups excluding carboxylic acids is 1. The molecular formula is C25H35ClFN3O3. The molecule has 2 aliphatic rings. The predicted molar refractivity (Wildman–Crippen MR) is 131 cm³/mol. The molecule has 4 rings (SSSR count). The maximum absolute atomic E-state index is 15.0. The Balaban J connectivity index is 0.00000306. The van der Waals surface area contributed by atoms with E-state index in [0.29, 0.717) is 29.5 Å². The molecule has 0 unspecified atom stereocenters. The number of hydrogen-bond acceptors (Lipinski definition) is 5. The van der Waals surface area contributed by atoms with Gasteiger partial charge in [-0.3, -0.25) is 9.59 Å². The summed E-state index contributed by atoms with van der Waals surface area (Å²) in [4.78, 5) is 29.8. The van der Waals surface area contributed by atoms with Crippen LogP contribution in [-0.2, 0) is 16.2 Å². The first kappa shape index (κ1) is 25.5. The average molecular weight is 480 g/mol. The zero-order valence-corrected chi connectivity index (χ0v) is 20.1. The van der Waals surface area contributed by atoms with Crippen LogP contribution in [0.1, 0.15) is 89.2 Å². The highest BCUT2D eigenvalue weighted by molar-refractivity contribution is 5.85. The van der Waals surface area contributed by atoms with Crippen molar-refractivity contribution in [3.05, 3.63) is 39.9 Å². The van der Waals surface area contributed by atoms with E-state index in [1.807, 2.05) is 19.2 Å². The summed E-state index contributed by atoms with van der Waals surface area (Å²) in [6.07, 6.45) is 12.9. The Kier molecular flexibility index (Phi) is 9.15. The molecule has 0 spiro atoms. The first-order chi connectivity index (χ1) is 15.6. The fourth-order valence-corrected chi connectivity index (χ4v) is 5.06. The third kappa shape index (κ3) is 6.07. The van der Waals surface area contributed by atoms with E-state index in [1.54, 1.807) is 0 Å². The highest BCUT2D eigenvalue weighted by Crippen LogP contribution is 2.33. The van der Waals surface area contributed by atoms with Gasteiger partial charge in [0.2, 0.25) is 0 Å². The molecule has 0 saturated heterocycles. The van der Waals surface area contributed by atoms with Gasteiger partial charge in [-0.15, -0.1) is 17.9 Å². The van der Waals surface area contributed by atoms with Crippen molar-refractivity contribution < 1.29 is 14.0 Å². The summed E-state index contributed by atoms with van der Waals surface area (Å²) in [5.41, 5.74) is 4.12. The molecule has 2 aliphatic carbocycles. The highest BCUT2D eigenvalue weighted by Gasteiger charge is 2.22. The van der Waals surface area contributed by atoms with Crippen molar-refractivity contribution in [1.82, 2.24) is 10.0 Å². The molecule has 2 aromatic rings. The van der Waals surface area contributed by atoms with Crippen LogP contribution in [0.25, 0.3) is 10.9 Å². The second-order valence-corrected chi connectivity index (χ2v) is 9.20. The summed E-state index contributed by atoms with van der Waals surface area (Å²) < 4.78 is 17.2. The van der Waals surface area contributed by atoms with E-state index in [9.17, 15) is 9.59 Å². The SMILES string of the molecule is CCCC(=O)ONCc1cn(C2CCCC2)c2cc(NC3CCCCC3)c(F)cc2c1=O.Cl. The van der Waals surface area contributed by atoms with Crippen LogP contribution in [-0.4, -0.2) is 16.6 Å². The number of pyridine rings is 1. The van der Waals surface area contributed by atoms with Gasteiger partial charge in [-0.2, -0.15) is 0 Å². The van der Waals surface area contributed by atoms with Gasteiger partial charge < -0.3 is 14.7 Å². The van der Waals surface area contributed by atoms with E-state index in [-0.39, 0.29) is 42.4 Å². The summed E-state index contributed by atoms with van der Waals surface area (Å²) in [6, 6.07) is 3.76. The van der Waals surface area contributed by atoms with Gasteiger partial charge in [-0.05, 0) is 44.2 Å². The fraction of sp³-hybridized carbons (Fsp3) is 0.600. The zero-order chi connectivity index (χ0) is 22.5. The Bertz CT molecular complexity index is 1010. The second kappa shape index (κ2) is 11.8. The lowest BCUT2D eigenvalue weighted by Crippen LogP contribution is -2.26.